The molecule has 2 amide bonds. The highest BCUT2D eigenvalue weighted by Gasteiger charge is 2.16. The molecule has 3 N–H and O–H groups in total. The third-order valence-electron chi connectivity index (χ3n) is 2.32. The van der Waals surface area contributed by atoms with E-state index in [4.69, 9.17) is 15.1 Å². The van der Waals surface area contributed by atoms with Gasteiger partial charge in [0.05, 0.1) is 12.7 Å². The predicted molar refractivity (Wildman–Crippen MR) is 67.0 cm³/mol. The number of nitriles is 1. The van der Waals surface area contributed by atoms with Crippen molar-refractivity contribution in [3.63, 3.8) is 0 Å². The highest BCUT2D eigenvalue weighted by Crippen LogP contribution is 2.27. The van der Waals surface area contributed by atoms with E-state index in [1.165, 1.54) is 20.1 Å². The second kappa shape index (κ2) is 6.26. The van der Waals surface area contributed by atoms with E-state index in [1.807, 2.05) is 6.07 Å². The van der Waals surface area contributed by atoms with Crippen LogP contribution in [-0.2, 0) is 4.79 Å². The lowest BCUT2D eigenvalue weighted by Crippen LogP contribution is -2.41. The Morgan fingerprint density at radius 1 is 1.47 bits per heavy atom. The van der Waals surface area contributed by atoms with E-state index >= 15 is 0 Å². The second-order valence-electron chi connectivity index (χ2n) is 3.65. The van der Waals surface area contributed by atoms with Crippen molar-refractivity contribution >= 4 is 17.7 Å². The number of methoxy groups -OCH3 is 1. The van der Waals surface area contributed by atoms with Crippen molar-refractivity contribution in [2.75, 3.05) is 12.4 Å². The van der Waals surface area contributed by atoms with E-state index in [0.717, 1.165) is 0 Å². The molecule has 1 unspecified atom stereocenters. The topological polar surface area (TPSA) is 111 Å². The number of carboxylic acids is 1. The summed E-state index contributed by atoms with van der Waals surface area (Å²) in [5, 5.41) is 22.3. The average molecular weight is 263 g/mol. The monoisotopic (exact) mass is 263 g/mol. The summed E-state index contributed by atoms with van der Waals surface area (Å²) in [6.07, 6.45) is 0. The summed E-state index contributed by atoms with van der Waals surface area (Å²) in [6.45, 7) is 1.33. The van der Waals surface area contributed by atoms with Crippen LogP contribution < -0.4 is 15.4 Å². The highest BCUT2D eigenvalue weighted by molar-refractivity contribution is 5.94. The Balaban J connectivity index is 2.90. The van der Waals surface area contributed by atoms with Gasteiger partial charge in [0.15, 0.2) is 0 Å². The van der Waals surface area contributed by atoms with Gasteiger partial charge < -0.3 is 20.5 Å². The molecule has 1 aromatic rings. The molecule has 100 valence electrons. The molecule has 0 aliphatic heterocycles. The van der Waals surface area contributed by atoms with Crippen LogP contribution >= 0.6 is 0 Å². The van der Waals surface area contributed by atoms with Gasteiger partial charge in [0.1, 0.15) is 23.5 Å². The molecule has 0 spiro atoms. The predicted octanol–water partition coefficient (Wildman–Crippen LogP) is 1.16. The van der Waals surface area contributed by atoms with Crippen LogP contribution in [0.4, 0.5) is 10.5 Å². The molecule has 0 radical (unpaired) electrons. The van der Waals surface area contributed by atoms with E-state index in [-0.39, 0.29) is 11.3 Å². The van der Waals surface area contributed by atoms with Gasteiger partial charge >= 0.3 is 12.0 Å². The Morgan fingerprint density at radius 2 is 2.16 bits per heavy atom. The molecule has 1 atom stereocenters. The van der Waals surface area contributed by atoms with Gasteiger partial charge in [-0.3, -0.25) is 4.79 Å². The van der Waals surface area contributed by atoms with Crippen LogP contribution in [0.3, 0.4) is 0 Å². The summed E-state index contributed by atoms with van der Waals surface area (Å²) >= 11 is 0. The van der Waals surface area contributed by atoms with Crippen molar-refractivity contribution in [1.82, 2.24) is 5.32 Å². The number of nitrogens with zero attached hydrogens (tertiary/aromatic N) is 1. The van der Waals surface area contributed by atoms with Gasteiger partial charge in [0.25, 0.3) is 0 Å². The van der Waals surface area contributed by atoms with E-state index in [1.54, 1.807) is 12.1 Å². The fourth-order valence-electron chi connectivity index (χ4n) is 1.33. The smallest absolute Gasteiger partial charge is 0.325 e. The fourth-order valence-corrected chi connectivity index (χ4v) is 1.33. The van der Waals surface area contributed by atoms with Gasteiger partial charge in [-0.2, -0.15) is 5.26 Å². The number of ether oxygens (including phenoxy) is 1. The summed E-state index contributed by atoms with van der Waals surface area (Å²) in [5.74, 6) is -0.840. The van der Waals surface area contributed by atoms with Crippen LogP contribution in [0.2, 0.25) is 0 Å². The fraction of sp³-hybridized carbons (Fsp3) is 0.250. The van der Waals surface area contributed by atoms with Crippen molar-refractivity contribution in [3.05, 3.63) is 23.8 Å². The maximum Gasteiger partial charge on any atom is 0.325 e. The number of anilines is 1. The molecule has 7 nitrogen and oxygen atoms in total. The van der Waals surface area contributed by atoms with Crippen LogP contribution in [0.25, 0.3) is 0 Å². The highest BCUT2D eigenvalue weighted by atomic mass is 16.5. The molecule has 0 fully saturated rings. The maximum atomic E-state index is 11.6. The number of hydrogen-bond donors (Lipinski definition) is 3. The first-order chi connectivity index (χ1) is 8.99. The van der Waals surface area contributed by atoms with Crippen molar-refractivity contribution < 1.29 is 19.4 Å². The first-order valence-corrected chi connectivity index (χ1v) is 5.37. The van der Waals surface area contributed by atoms with Crippen LogP contribution in [0.1, 0.15) is 12.5 Å². The number of hydrogen-bond acceptors (Lipinski definition) is 4. The molecular weight excluding hydrogens is 250 g/mol. The zero-order valence-electron chi connectivity index (χ0n) is 10.4. The van der Waals surface area contributed by atoms with E-state index < -0.39 is 18.0 Å². The summed E-state index contributed by atoms with van der Waals surface area (Å²) in [4.78, 5) is 22.2. The molecule has 1 aromatic carbocycles. The SMILES string of the molecule is COc1cccc(C#N)c1NC(=O)NC(C)C(=O)O. The number of urea groups is 1. The summed E-state index contributed by atoms with van der Waals surface area (Å²) in [6, 6.07) is 4.85. The van der Waals surface area contributed by atoms with Gasteiger partial charge in [-0.05, 0) is 19.1 Å². The molecule has 0 saturated carbocycles. The van der Waals surface area contributed by atoms with Crippen LogP contribution in [-0.4, -0.2) is 30.3 Å². The standard InChI is InChI=1S/C12H13N3O4/c1-7(11(16)17)14-12(18)15-10-8(6-13)4-3-5-9(10)19-2/h3-5,7H,1-2H3,(H,16,17)(H2,14,15,18). The molecule has 1 rings (SSSR count). The third-order valence-corrected chi connectivity index (χ3v) is 2.32. The number of aliphatic carboxylic acids is 1. The first kappa shape index (κ1) is 14.3. The Labute approximate surface area is 109 Å². The minimum absolute atomic E-state index is 0.197. The van der Waals surface area contributed by atoms with Crippen molar-refractivity contribution in [2.24, 2.45) is 0 Å². The van der Waals surface area contributed by atoms with Gasteiger partial charge in [-0.15, -0.1) is 0 Å². The Kier molecular flexibility index (Phi) is 4.71. The van der Waals surface area contributed by atoms with Crippen LogP contribution in [0, 0.1) is 11.3 Å². The van der Waals surface area contributed by atoms with Gasteiger partial charge in [0, 0.05) is 0 Å². The van der Waals surface area contributed by atoms with Gasteiger partial charge in [-0.1, -0.05) is 6.07 Å². The Bertz CT molecular complexity index is 536. The molecule has 0 bridgehead atoms. The lowest BCUT2D eigenvalue weighted by Gasteiger charge is -2.14. The third kappa shape index (κ3) is 3.61. The van der Waals surface area contributed by atoms with Crippen molar-refractivity contribution in [2.45, 2.75) is 13.0 Å². The van der Waals surface area contributed by atoms with Crippen molar-refractivity contribution in [1.29, 1.82) is 5.26 Å². The van der Waals surface area contributed by atoms with E-state index in [2.05, 4.69) is 10.6 Å². The number of carbonyl (C=O) groups excluding carboxylic acids is 1. The van der Waals surface area contributed by atoms with E-state index in [0.29, 0.717) is 5.75 Å². The molecule has 0 saturated heterocycles. The summed E-state index contributed by atoms with van der Waals surface area (Å²) < 4.78 is 5.03. The van der Waals surface area contributed by atoms with E-state index in [9.17, 15) is 9.59 Å². The zero-order chi connectivity index (χ0) is 14.4. The van der Waals surface area contributed by atoms with Gasteiger partial charge in [0.2, 0.25) is 0 Å². The largest absolute Gasteiger partial charge is 0.495 e. The molecule has 0 aliphatic rings. The van der Waals surface area contributed by atoms with Crippen molar-refractivity contribution in [3.8, 4) is 11.8 Å². The number of nitrogens with one attached hydrogen (secondary N) is 2. The Morgan fingerprint density at radius 3 is 2.68 bits per heavy atom. The molecule has 0 aromatic heterocycles. The summed E-state index contributed by atoms with van der Waals surface area (Å²) in [7, 11) is 1.40. The number of carbonyl (C=O) groups is 2. The Hall–Kier alpha value is -2.75. The number of para-hydroxylation sites is 1. The molecule has 0 heterocycles. The minimum atomic E-state index is -1.16. The summed E-state index contributed by atoms with van der Waals surface area (Å²) in [5.41, 5.74) is 0.417. The minimum Gasteiger partial charge on any atom is -0.495 e. The first-order valence-electron chi connectivity index (χ1n) is 5.37. The normalized spacial score (nSPS) is 11.0. The average Bonchev–Trinajstić information content (AvgIpc) is 2.38. The maximum absolute atomic E-state index is 11.6. The number of carboxylic acid groups (broad SMARTS) is 1. The number of rotatable bonds is 4. The second-order valence-corrected chi connectivity index (χ2v) is 3.65. The molecule has 19 heavy (non-hydrogen) atoms. The quantitative estimate of drug-likeness (QED) is 0.754. The number of amides is 2. The number of benzene rings is 1. The molecule has 7 heteroatoms. The van der Waals surface area contributed by atoms with Crippen LogP contribution in [0.5, 0.6) is 5.75 Å². The van der Waals surface area contributed by atoms with Gasteiger partial charge in [-0.25, -0.2) is 4.79 Å². The molecule has 0 aliphatic carbocycles. The zero-order valence-corrected chi connectivity index (χ0v) is 10.4. The molecular formula is C12H13N3O4. The lowest BCUT2D eigenvalue weighted by molar-refractivity contribution is -0.138. The lowest BCUT2D eigenvalue weighted by atomic mass is 10.2. The van der Waals surface area contributed by atoms with Crippen LogP contribution in [0.15, 0.2) is 18.2 Å².